The van der Waals surface area contributed by atoms with Crippen LogP contribution in [0.5, 0.6) is 5.75 Å². The molecule has 0 aliphatic heterocycles. The third-order valence-electron chi connectivity index (χ3n) is 4.29. The van der Waals surface area contributed by atoms with Gasteiger partial charge >= 0.3 is 6.09 Å². The van der Waals surface area contributed by atoms with E-state index in [0.29, 0.717) is 10.6 Å². The SMILES string of the molecule is CCOC(=O)N=S(C)(=O)c1cccc(COc2ccc3c(NC(C)C)ncnc3c2)c1. The average molecular weight is 443 g/mol. The minimum Gasteiger partial charge on any atom is -0.489 e. The first-order valence-corrected chi connectivity index (χ1v) is 11.8. The number of anilines is 1. The molecule has 9 heteroatoms. The molecule has 0 bridgehead atoms. The molecule has 2 aromatic carbocycles. The Labute approximate surface area is 182 Å². The van der Waals surface area contributed by atoms with Gasteiger partial charge in [0.1, 0.15) is 24.5 Å². The predicted molar refractivity (Wildman–Crippen MR) is 121 cm³/mol. The molecule has 1 aromatic heterocycles. The van der Waals surface area contributed by atoms with Crippen LogP contribution in [0.3, 0.4) is 0 Å². The smallest absolute Gasteiger partial charge is 0.442 e. The molecule has 1 amide bonds. The number of hydrogen-bond donors (Lipinski definition) is 1. The van der Waals surface area contributed by atoms with Crippen LogP contribution in [0.2, 0.25) is 0 Å². The standard InChI is InChI=1S/C22H26N4O4S/c1-5-29-22(27)26-31(4,28)18-8-6-7-16(11-18)13-30-17-9-10-19-20(12-17)23-14-24-21(19)25-15(2)3/h6-12,14-15H,5,13H2,1-4H3,(H,23,24,25). The van der Waals surface area contributed by atoms with E-state index in [2.05, 4.69) is 19.6 Å². The summed E-state index contributed by atoms with van der Waals surface area (Å²) in [6.07, 6.45) is 2.10. The fourth-order valence-corrected chi connectivity index (χ4v) is 4.04. The van der Waals surface area contributed by atoms with Crippen LogP contribution in [0.1, 0.15) is 26.3 Å². The lowest BCUT2D eigenvalue weighted by molar-refractivity contribution is 0.164. The van der Waals surface area contributed by atoms with Gasteiger partial charge in [0.25, 0.3) is 0 Å². The van der Waals surface area contributed by atoms with Gasteiger partial charge in [-0.25, -0.2) is 19.0 Å². The van der Waals surface area contributed by atoms with Crippen LogP contribution in [0.4, 0.5) is 10.6 Å². The van der Waals surface area contributed by atoms with Crippen molar-refractivity contribution < 1.29 is 18.5 Å². The van der Waals surface area contributed by atoms with E-state index in [1.165, 1.54) is 12.6 Å². The molecule has 1 N–H and O–H groups in total. The van der Waals surface area contributed by atoms with Crippen molar-refractivity contribution in [1.29, 1.82) is 0 Å². The van der Waals surface area contributed by atoms with E-state index in [-0.39, 0.29) is 19.3 Å². The molecular formula is C22H26N4O4S. The second-order valence-electron chi connectivity index (χ2n) is 7.23. The second kappa shape index (κ2) is 9.74. The third kappa shape index (κ3) is 5.91. The molecule has 164 valence electrons. The monoisotopic (exact) mass is 442 g/mol. The van der Waals surface area contributed by atoms with Gasteiger partial charge in [-0.15, -0.1) is 4.36 Å². The number of amides is 1. The summed E-state index contributed by atoms with van der Waals surface area (Å²) in [7, 11) is -2.91. The first kappa shape index (κ1) is 22.5. The third-order valence-corrected chi connectivity index (χ3v) is 5.92. The summed E-state index contributed by atoms with van der Waals surface area (Å²) in [6, 6.07) is 12.9. The summed E-state index contributed by atoms with van der Waals surface area (Å²) < 4.78 is 27.2. The van der Waals surface area contributed by atoms with Crippen molar-refractivity contribution >= 4 is 32.5 Å². The maximum Gasteiger partial charge on any atom is 0.442 e. The van der Waals surface area contributed by atoms with Crippen molar-refractivity contribution in [3.05, 3.63) is 54.4 Å². The average Bonchev–Trinajstić information content (AvgIpc) is 2.72. The number of rotatable bonds is 7. The van der Waals surface area contributed by atoms with Gasteiger partial charge in [0.2, 0.25) is 0 Å². The fourth-order valence-electron chi connectivity index (χ4n) is 2.90. The van der Waals surface area contributed by atoms with Gasteiger partial charge in [-0.3, -0.25) is 0 Å². The van der Waals surface area contributed by atoms with Crippen LogP contribution in [-0.4, -0.2) is 39.2 Å². The van der Waals surface area contributed by atoms with Gasteiger partial charge < -0.3 is 14.8 Å². The minimum atomic E-state index is -2.91. The molecule has 0 radical (unpaired) electrons. The Bertz CT molecular complexity index is 1200. The number of hydrogen-bond acceptors (Lipinski definition) is 7. The fraction of sp³-hybridized carbons (Fsp3) is 0.318. The number of carbonyl (C=O) groups is 1. The molecule has 1 atom stereocenters. The zero-order chi connectivity index (χ0) is 22.4. The Kier molecular flexibility index (Phi) is 7.06. The topological polar surface area (TPSA) is 103 Å². The first-order valence-electron chi connectivity index (χ1n) is 9.90. The van der Waals surface area contributed by atoms with Gasteiger partial charge in [-0.2, -0.15) is 0 Å². The second-order valence-corrected chi connectivity index (χ2v) is 9.49. The molecular weight excluding hydrogens is 416 g/mol. The van der Waals surface area contributed by atoms with E-state index < -0.39 is 15.8 Å². The molecule has 31 heavy (non-hydrogen) atoms. The molecule has 1 heterocycles. The van der Waals surface area contributed by atoms with Crippen LogP contribution in [0.25, 0.3) is 10.9 Å². The number of carbonyl (C=O) groups excluding carboxylic acids is 1. The Hall–Kier alpha value is -3.20. The Morgan fingerprint density at radius 3 is 2.74 bits per heavy atom. The molecule has 3 aromatic rings. The molecule has 8 nitrogen and oxygen atoms in total. The summed E-state index contributed by atoms with van der Waals surface area (Å²) in [4.78, 5) is 20.7. The van der Waals surface area contributed by atoms with E-state index in [4.69, 9.17) is 9.47 Å². The van der Waals surface area contributed by atoms with Crippen LogP contribution < -0.4 is 10.1 Å². The van der Waals surface area contributed by atoms with Crippen LogP contribution >= 0.6 is 0 Å². The molecule has 0 aliphatic rings. The van der Waals surface area contributed by atoms with Gasteiger partial charge in [-0.05, 0) is 50.6 Å². The Balaban J connectivity index is 1.77. The number of nitrogens with zero attached hydrogens (tertiary/aromatic N) is 3. The molecule has 0 saturated carbocycles. The zero-order valence-electron chi connectivity index (χ0n) is 18.0. The van der Waals surface area contributed by atoms with E-state index in [0.717, 1.165) is 22.3 Å². The van der Waals surface area contributed by atoms with Crippen molar-refractivity contribution in [3.63, 3.8) is 0 Å². The lowest BCUT2D eigenvalue weighted by Gasteiger charge is -2.12. The number of ether oxygens (including phenoxy) is 2. The lowest BCUT2D eigenvalue weighted by atomic mass is 10.2. The first-order chi connectivity index (χ1) is 14.8. The van der Waals surface area contributed by atoms with E-state index in [9.17, 15) is 9.00 Å². The molecule has 0 fully saturated rings. The van der Waals surface area contributed by atoms with Crippen molar-refractivity contribution in [2.45, 2.75) is 38.3 Å². The summed E-state index contributed by atoms with van der Waals surface area (Å²) >= 11 is 0. The van der Waals surface area contributed by atoms with E-state index >= 15 is 0 Å². The largest absolute Gasteiger partial charge is 0.489 e. The molecule has 0 aliphatic carbocycles. The Morgan fingerprint density at radius 1 is 1.19 bits per heavy atom. The summed E-state index contributed by atoms with van der Waals surface area (Å²) in [5.74, 6) is 1.43. The quantitative estimate of drug-likeness (QED) is 0.568. The maximum atomic E-state index is 12.8. The Morgan fingerprint density at radius 2 is 2.00 bits per heavy atom. The van der Waals surface area contributed by atoms with Gasteiger partial charge in [0.05, 0.1) is 21.9 Å². The highest BCUT2D eigenvalue weighted by Gasteiger charge is 2.11. The van der Waals surface area contributed by atoms with Crippen LogP contribution in [0, 0.1) is 0 Å². The highest BCUT2D eigenvalue weighted by molar-refractivity contribution is 7.93. The van der Waals surface area contributed by atoms with Gasteiger partial charge in [0, 0.05) is 28.6 Å². The number of fused-ring (bicyclic) bond motifs is 1. The van der Waals surface area contributed by atoms with Gasteiger partial charge in [0.15, 0.2) is 0 Å². The highest BCUT2D eigenvalue weighted by Crippen LogP contribution is 2.25. The van der Waals surface area contributed by atoms with E-state index in [1.807, 2.05) is 38.1 Å². The number of nitrogens with one attached hydrogen (secondary N) is 1. The summed E-state index contributed by atoms with van der Waals surface area (Å²) in [5, 5.41) is 4.22. The molecule has 3 rings (SSSR count). The lowest BCUT2D eigenvalue weighted by Crippen LogP contribution is -2.11. The molecule has 0 spiro atoms. The van der Waals surface area contributed by atoms with Crippen LogP contribution in [0.15, 0.2) is 58.1 Å². The normalized spacial score (nSPS) is 12.9. The van der Waals surface area contributed by atoms with Crippen molar-refractivity contribution in [1.82, 2.24) is 9.97 Å². The van der Waals surface area contributed by atoms with E-state index in [1.54, 1.807) is 25.1 Å². The number of aromatic nitrogens is 2. The van der Waals surface area contributed by atoms with Crippen molar-refractivity contribution in [2.24, 2.45) is 4.36 Å². The summed E-state index contributed by atoms with van der Waals surface area (Å²) in [5.41, 5.74) is 1.57. The molecule has 0 saturated heterocycles. The van der Waals surface area contributed by atoms with Crippen molar-refractivity contribution in [2.75, 3.05) is 18.2 Å². The highest BCUT2D eigenvalue weighted by atomic mass is 32.2. The molecule has 1 unspecified atom stereocenters. The zero-order valence-corrected chi connectivity index (χ0v) is 18.8. The summed E-state index contributed by atoms with van der Waals surface area (Å²) in [6.45, 7) is 6.21. The number of benzene rings is 2. The maximum absolute atomic E-state index is 12.8. The minimum absolute atomic E-state index is 0.178. The van der Waals surface area contributed by atoms with Crippen LogP contribution in [-0.2, 0) is 21.1 Å². The van der Waals surface area contributed by atoms with Crippen molar-refractivity contribution in [3.8, 4) is 5.75 Å². The predicted octanol–water partition coefficient (Wildman–Crippen LogP) is 4.64. The van der Waals surface area contributed by atoms with Gasteiger partial charge in [-0.1, -0.05) is 12.1 Å².